The van der Waals surface area contributed by atoms with Crippen molar-refractivity contribution in [3.63, 3.8) is 0 Å². The molecule has 0 aliphatic heterocycles. The predicted octanol–water partition coefficient (Wildman–Crippen LogP) is 3.01. The molecule has 2 aromatic heterocycles. The molecule has 4 N–H and O–H groups in total. The summed E-state index contributed by atoms with van der Waals surface area (Å²) in [4.78, 5) is 20.4. The van der Waals surface area contributed by atoms with Crippen LogP contribution in [0.4, 0.5) is 23.1 Å². The number of H-pyrrole nitrogens is 1. The quantitative estimate of drug-likeness (QED) is 0.559. The number of aryl methyl sites for hydroxylation is 1. The summed E-state index contributed by atoms with van der Waals surface area (Å²) in [6, 6.07) is 6.92. The second kappa shape index (κ2) is 7.18. The summed E-state index contributed by atoms with van der Waals surface area (Å²) in [6.45, 7) is 1.91. The first-order valence-electron chi connectivity index (χ1n) is 7.45. The highest BCUT2D eigenvalue weighted by Crippen LogP contribution is 2.23. The number of halogens is 1. The third-order valence-electron chi connectivity index (χ3n) is 3.31. The Labute approximate surface area is 149 Å². The van der Waals surface area contributed by atoms with E-state index in [0.29, 0.717) is 33.7 Å². The van der Waals surface area contributed by atoms with Crippen molar-refractivity contribution in [3.05, 3.63) is 52.9 Å². The average Bonchev–Trinajstić information content (AvgIpc) is 3.01. The number of rotatable bonds is 5. The lowest BCUT2D eigenvalue weighted by Gasteiger charge is -2.10. The number of nitrogens with zero attached hydrogens (tertiary/aromatic N) is 3. The van der Waals surface area contributed by atoms with E-state index in [2.05, 4.69) is 36.1 Å². The summed E-state index contributed by atoms with van der Waals surface area (Å²) in [5.41, 5.74) is 1.99. The van der Waals surface area contributed by atoms with Crippen molar-refractivity contribution in [2.45, 2.75) is 6.92 Å². The van der Waals surface area contributed by atoms with E-state index in [-0.39, 0.29) is 5.91 Å². The van der Waals surface area contributed by atoms with Crippen LogP contribution in [0.2, 0.25) is 5.02 Å². The van der Waals surface area contributed by atoms with E-state index in [1.54, 1.807) is 37.6 Å². The molecule has 9 heteroatoms. The summed E-state index contributed by atoms with van der Waals surface area (Å²) in [5, 5.41) is 16.0. The van der Waals surface area contributed by atoms with Gasteiger partial charge < -0.3 is 16.0 Å². The second-order valence-electron chi connectivity index (χ2n) is 5.25. The van der Waals surface area contributed by atoms with Crippen LogP contribution in [0.1, 0.15) is 16.1 Å². The molecule has 3 rings (SSSR count). The molecule has 128 valence electrons. The normalized spacial score (nSPS) is 10.4. The van der Waals surface area contributed by atoms with Crippen molar-refractivity contribution < 1.29 is 4.79 Å². The molecule has 2 heterocycles. The van der Waals surface area contributed by atoms with Crippen LogP contribution in [0.5, 0.6) is 0 Å². The van der Waals surface area contributed by atoms with Gasteiger partial charge in [0, 0.05) is 24.5 Å². The third kappa shape index (κ3) is 4.04. The van der Waals surface area contributed by atoms with Gasteiger partial charge in [0.1, 0.15) is 0 Å². The first kappa shape index (κ1) is 16.7. The Bertz CT molecular complexity index is 909. The van der Waals surface area contributed by atoms with Gasteiger partial charge in [-0.3, -0.25) is 14.9 Å². The molecule has 0 saturated carbocycles. The fourth-order valence-electron chi connectivity index (χ4n) is 2.16. The lowest BCUT2D eigenvalue weighted by Crippen LogP contribution is -2.18. The van der Waals surface area contributed by atoms with E-state index in [1.807, 2.05) is 13.0 Å². The van der Waals surface area contributed by atoms with Gasteiger partial charge in [0.2, 0.25) is 0 Å². The maximum absolute atomic E-state index is 11.8. The molecule has 0 spiro atoms. The van der Waals surface area contributed by atoms with Crippen molar-refractivity contribution in [3.8, 4) is 0 Å². The number of carbonyl (C=O) groups excluding carboxylic acids is 1. The molecular weight excluding hydrogens is 342 g/mol. The number of aromatic amines is 1. The van der Waals surface area contributed by atoms with Gasteiger partial charge >= 0.3 is 0 Å². The Kier molecular flexibility index (Phi) is 4.80. The molecule has 0 bridgehead atoms. The fraction of sp³-hybridized carbons (Fsp3) is 0.125. The van der Waals surface area contributed by atoms with Gasteiger partial charge in [0.15, 0.2) is 17.5 Å². The van der Waals surface area contributed by atoms with Crippen molar-refractivity contribution >= 4 is 40.6 Å². The van der Waals surface area contributed by atoms with Crippen LogP contribution < -0.4 is 16.0 Å². The molecule has 1 aromatic carbocycles. The van der Waals surface area contributed by atoms with E-state index in [1.165, 1.54) is 0 Å². The zero-order chi connectivity index (χ0) is 17.8. The standard InChI is InChI=1S/C16H16ClN7O/c1-9-5-13(24-23-9)21-15-8-19-7-14(22-15)20-10-3-4-12(17)11(6-10)16(25)18-2/h3-8H,1-2H3,(H,18,25)(H3,20,21,22,23,24). The number of amides is 1. The van der Waals surface area contributed by atoms with E-state index >= 15 is 0 Å². The first-order valence-corrected chi connectivity index (χ1v) is 7.82. The third-order valence-corrected chi connectivity index (χ3v) is 3.64. The fourth-order valence-corrected chi connectivity index (χ4v) is 2.36. The molecule has 0 aliphatic rings. The molecule has 0 saturated heterocycles. The zero-order valence-electron chi connectivity index (χ0n) is 13.6. The molecule has 0 unspecified atom stereocenters. The molecule has 0 radical (unpaired) electrons. The minimum absolute atomic E-state index is 0.260. The van der Waals surface area contributed by atoms with Gasteiger partial charge in [-0.25, -0.2) is 4.98 Å². The van der Waals surface area contributed by atoms with Crippen molar-refractivity contribution in [1.29, 1.82) is 0 Å². The molecule has 8 nitrogen and oxygen atoms in total. The predicted molar refractivity (Wildman–Crippen MR) is 96.8 cm³/mol. The maximum atomic E-state index is 11.8. The summed E-state index contributed by atoms with van der Waals surface area (Å²) in [6.07, 6.45) is 3.17. The first-order chi connectivity index (χ1) is 12.0. The van der Waals surface area contributed by atoms with Gasteiger partial charge in [0.05, 0.1) is 23.0 Å². The van der Waals surface area contributed by atoms with Gasteiger partial charge in [-0.05, 0) is 25.1 Å². The van der Waals surface area contributed by atoms with Crippen molar-refractivity contribution in [2.75, 3.05) is 17.7 Å². The molecule has 0 aliphatic carbocycles. The molecule has 0 fully saturated rings. The van der Waals surface area contributed by atoms with Crippen LogP contribution in [-0.4, -0.2) is 33.1 Å². The highest BCUT2D eigenvalue weighted by molar-refractivity contribution is 6.34. The van der Waals surface area contributed by atoms with Crippen LogP contribution in [0.15, 0.2) is 36.7 Å². The van der Waals surface area contributed by atoms with Crippen molar-refractivity contribution in [2.24, 2.45) is 0 Å². The number of carbonyl (C=O) groups is 1. The van der Waals surface area contributed by atoms with Gasteiger partial charge in [-0.1, -0.05) is 11.6 Å². The van der Waals surface area contributed by atoms with E-state index in [0.717, 1.165) is 5.69 Å². The van der Waals surface area contributed by atoms with Crippen molar-refractivity contribution in [1.82, 2.24) is 25.5 Å². The number of aromatic nitrogens is 4. The summed E-state index contributed by atoms with van der Waals surface area (Å²) >= 11 is 6.05. The largest absolute Gasteiger partial charge is 0.355 e. The highest BCUT2D eigenvalue weighted by atomic mass is 35.5. The second-order valence-corrected chi connectivity index (χ2v) is 5.66. The lowest BCUT2D eigenvalue weighted by atomic mass is 10.2. The van der Waals surface area contributed by atoms with Crippen LogP contribution in [0.25, 0.3) is 0 Å². The van der Waals surface area contributed by atoms with Gasteiger partial charge in [-0.2, -0.15) is 5.10 Å². The maximum Gasteiger partial charge on any atom is 0.252 e. The minimum Gasteiger partial charge on any atom is -0.355 e. The highest BCUT2D eigenvalue weighted by Gasteiger charge is 2.10. The lowest BCUT2D eigenvalue weighted by molar-refractivity contribution is 0.0963. The molecule has 25 heavy (non-hydrogen) atoms. The van der Waals surface area contributed by atoms with E-state index in [4.69, 9.17) is 11.6 Å². The number of anilines is 4. The van der Waals surface area contributed by atoms with Crippen LogP contribution >= 0.6 is 11.6 Å². The molecule has 0 atom stereocenters. The summed E-state index contributed by atoms with van der Waals surface area (Å²) < 4.78 is 0. The van der Waals surface area contributed by atoms with Crippen LogP contribution in [0, 0.1) is 6.92 Å². The van der Waals surface area contributed by atoms with E-state index in [9.17, 15) is 4.79 Å². The Morgan fingerprint density at radius 3 is 2.56 bits per heavy atom. The summed E-state index contributed by atoms with van der Waals surface area (Å²) in [7, 11) is 1.55. The Morgan fingerprint density at radius 1 is 1.12 bits per heavy atom. The minimum atomic E-state index is -0.260. The topological polar surface area (TPSA) is 108 Å². The van der Waals surface area contributed by atoms with Gasteiger partial charge in [-0.15, -0.1) is 0 Å². The van der Waals surface area contributed by atoms with Crippen LogP contribution in [0.3, 0.4) is 0 Å². The molecule has 1 amide bonds. The van der Waals surface area contributed by atoms with Gasteiger partial charge in [0.25, 0.3) is 5.91 Å². The molecule has 3 aromatic rings. The van der Waals surface area contributed by atoms with Crippen LogP contribution in [-0.2, 0) is 0 Å². The number of benzene rings is 1. The smallest absolute Gasteiger partial charge is 0.252 e. The zero-order valence-corrected chi connectivity index (χ0v) is 14.3. The monoisotopic (exact) mass is 357 g/mol. The van der Waals surface area contributed by atoms with E-state index < -0.39 is 0 Å². The summed E-state index contributed by atoms with van der Waals surface area (Å²) in [5.74, 6) is 1.45. The number of hydrogen-bond donors (Lipinski definition) is 4. The Balaban J connectivity index is 1.79. The number of nitrogens with one attached hydrogen (secondary N) is 4. The Morgan fingerprint density at radius 2 is 1.88 bits per heavy atom. The molecular formula is C16H16ClN7O. The Hall–Kier alpha value is -3.13. The number of hydrogen-bond acceptors (Lipinski definition) is 6. The average molecular weight is 358 g/mol. The SMILES string of the molecule is CNC(=O)c1cc(Nc2cncc(Nc3cc(C)[nH]n3)n2)ccc1Cl.